The fraction of sp³-hybridized carbons (Fsp3) is 0.538. The maximum Gasteiger partial charge on any atom is -0.0307 e. The molecule has 0 unspecified atom stereocenters. The Morgan fingerprint density at radius 2 is 1.38 bits per heavy atom. The molecule has 0 aliphatic rings. The van der Waals surface area contributed by atoms with Crippen LogP contribution >= 0.6 is 0 Å². The third-order valence-corrected chi connectivity index (χ3v) is 1.96. The van der Waals surface area contributed by atoms with E-state index in [-0.39, 0.29) is 0 Å². The number of unbranched alkanes of at least 4 members (excludes halogenated alkanes) is 2. The maximum atomic E-state index is 2.21. The van der Waals surface area contributed by atoms with Crippen LogP contribution in [0.15, 0.2) is 30.3 Å². The van der Waals surface area contributed by atoms with Gasteiger partial charge in [0.1, 0.15) is 0 Å². The van der Waals surface area contributed by atoms with E-state index in [9.17, 15) is 0 Å². The van der Waals surface area contributed by atoms with Crippen molar-refractivity contribution in [3.63, 3.8) is 0 Å². The number of hydrogen-bond acceptors (Lipinski definition) is 0. The zero-order valence-corrected chi connectivity index (χ0v) is 9.22. The molecule has 1 aromatic rings. The second-order valence-corrected chi connectivity index (χ2v) is 3.19. The van der Waals surface area contributed by atoms with Gasteiger partial charge in [0.15, 0.2) is 0 Å². The lowest BCUT2D eigenvalue weighted by Crippen LogP contribution is -1.73. The first-order chi connectivity index (χ1) is 6.35. The van der Waals surface area contributed by atoms with Crippen molar-refractivity contribution in [3.05, 3.63) is 35.9 Å². The predicted octanol–water partition coefficient (Wildman–Crippen LogP) is 4.45. The lowest BCUT2D eigenvalue weighted by molar-refractivity contribution is 0.772. The summed E-state index contributed by atoms with van der Waals surface area (Å²) in [7, 11) is 0. The van der Waals surface area contributed by atoms with E-state index in [0.717, 1.165) is 6.42 Å². The Bertz CT molecular complexity index is 174. The van der Waals surface area contributed by atoms with Crippen LogP contribution in [0.25, 0.3) is 0 Å². The average molecular weight is 178 g/mol. The molecule has 0 heterocycles. The second-order valence-electron chi connectivity index (χ2n) is 3.19. The van der Waals surface area contributed by atoms with Gasteiger partial charge in [0.2, 0.25) is 0 Å². The third kappa shape index (κ3) is 7.58. The lowest BCUT2D eigenvalue weighted by atomic mass is 10.2. The first-order valence-electron chi connectivity index (χ1n) is 5.39. The number of benzene rings is 1. The Labute approximate surface area is 83.0 Å². The van der Waals surface area contributed by atoms with Crippen LogP contribution in [0.4, 0.5) is 0 Å². The van der Waals surface area contributed by atoms with Gasteiger partial charge >= 0.3 is 0 Å². The second kappa shape index (κ2) is 9.31. The molecular formula is C13H22. The van der Waals surface area contributed by atoms with Crippen LogP contribution in [0.3, 0.4) is 0 Å². The minimum atomic E-state index is 1.14. The molecule has 0 atom stereocenters. The van der Waals surface area contributed by atoms with Crippen molar-refractivity contribution >= 4 is 0 Å². The van der Waals surface area contributed by atoms with E-state index >= 15 is 0 Å². The summed E-state index contributed by atoms with van der Waals surface area (Å²) >= 11 is 0. The van der Waals surface area contributed by atoms with E-state index in [0.29, 0.717) is 0 Å². The third-order valence-electron chi connectivity index (χ3n) is 1.96. The quantitative estimate of drug-likeness (QED) is 0.641. The van der Waals surface area contributed by atoms with Crippen molar-refractivity contribution in [1.29, 1.82) is 0 Å². The number of hydrogen-bond donors (Lipinski definition) is 0. The largest absolute Gasteiger partial charge is 0.0654 e. The monoisotopic (exact) mass is 178 g/mol. The van der Waals surface area contributed by atoms with Crippen molar-refractivity contribution in [3.8, 4) is 0 Å². The molecule has 0 N–H and O–H groups in total. The molecular weight excluding hydrogens is 156 g/mol. The van der Waals surface area contributed by atoms with Crippen LogP contribution in [0, 0.1) is 0 Å². The predicted molar refractivity (Wildman–Crippen MR) is 61.0 cm³/mol. The molecule has 0 saturated heterocycles. The summed E-state index contributed by atoms with van der Waals surface area (Å²) in [5.74, 6) is 0. The summed E-state index contributed by atoms with van der Waals surface area (Å²) in [4.78, 5) is 0. The van der Waals surface area contributed by atoms with Crippen LogP contribution in [-0.2, 0) is 6.42 Å². The first-order valence-corrected chi connectivity index (χ1v) is 5.39. The van der Waals surface area contributed by atoms with Gasteiger partial charge in [-0.05, 0) is 12.0 Å². The molecule has 1 aromatic carbocycles. The Morgan fingerprint density at radius 3 is 1.62 bits per heavy atom. The maximum absolute atomic E-state index is 2.21. The highest BCUT2D eigenvalue weighted by Crippen LogP contribution is 1.96. The highest BCUT2D eigenvalue weighted by atomic mass is 13.9. The summed E-state index contributed by atoms with van der Waals surface area (Å²) in [6.07, 6.45) is 5.22. The Morgan fingerprint density at radius 1 is 0.846 bits per heavy atom. The van der Waals surface area contributed by atoms with Gasteiger partial charge < -0.3 is 0 Å². The van der Waals surface area contributed by atoms with Gasteiger partial charge in [-0.25, -0.2) is 0 Å². The van der Waals surface area contributed by atoms with Crippen LogP contribution in [0.5, 0.6) is 0 Å². The summed E-state index contributed by atoms with van der Waals surface area (Å²) in [5, 5.41) is 0. The van der Waals surface area contributed by atoms with Crippen molar-refractivity contribution < 1.29 is 0 Å². The summed E-state index contributed by atoms with van der Waals surface area (Å²) in [6, 6.07) is 10.5. The molecule has 0 aliphatic carbocycles. The van der Waals surface area contributed by atoms with Gasteiger partial charge in [-0.1, -0.05) is 70.4 Å². The van der Waals surface area contributed by atoms with Gasteiger partial charge in [-0.3, -0.25) is 0 Å². The lowest BCUT2D eigenvalue weighted by Gasteiger charge is -1.89. The van der Waals surface area contributed by atoms with Crippen molar-refractivity contribution in [2.24, 2.45) is 0 Å². The number of aryl methyl sites for hydroxylation is 1. The standard InChI is InChI=1S/C8H10.C5H12/c1-2-8-6-4-3-5-7-8;1-3-5-4-2/h3-7H,2H2,1H3;3-5H2,1-2H3. The van der Waals surface area contributed by atoms with Gasteiger partial charge in [0, 0.05) is 0 Å². The summed E-state index contributed by atoms with van der Waals surface area (Å²) in [6.45, 7) is 6.59. The molecule has 74 valence electrons. The van der Waals surface area contributed by atoms with Gasteiger partial charge in [-0.2, -0.15) is 0 Å². The molecule has 0 spiro atoms. The smallest absolute Gasteiger partial charge is 0.0307 e. The van der Waals surface area contributed by atoms with Crippen LogP contribution < -0.4 is 0 Å². The Hall–Kier alpha value is -0.780. The van der Waals surface area contributed by atoms with Crippen LogP contribution in [-0.4, -0.2) is 0 Å². The Balaban J connectivity index is 0.000000252. The Kier molecular flexibility index (Phi) is 8.75. The zero-order valence-electron chi connectivity index (χ0n) is 9.22. The van der Waals surface area contributed by atoms with Crippen molar-refractivity contribution in [2.45, 2.75) is 46.5 Å². The van der Waals surface area contributed by atoms with E-state index in [1.807, 2.05) is 6.07 Å². The highest BCUT2D eigenvalue weighted by Gasteiger charge is 1.79. The van der Waals surface area contributed by atoms with E-state index in [1.54, 1.807) is 0 Å². The summed E-state index contributed by atoms with van der Waals surface area (Å²) < 4.78 is 0. The molecule has 1 rings (SSSR count). The molecule has 0 aliphatic heterocycles. The molecule has 0 saturated carbocycles. The highest BCUT2D eigenvalue weighted by molar-refractivity contribution is 5.13. The molecule has 0 heteroatoms. The van der Waals surface area contributed by atoms with Crippen molar-refractivity contribution in [1.82, 2.24) is 0 Å². The van der Waals surface area contributed by atoms with Gasteiger partial charge in [0.25, 0.3) is 0 Å². The fourth-order valence-corrected chi connectivity index (χ4v) is 1.07. The molecule has 0 radical (unpaired) electrons. The topological polar surface area (TPSA) is 0 Å². The number of rotatable bonds is 3. The molecule has 0 aromatic heterocycles. The zero-order chi connectivity index (χ0) is 9.94. The van der Waals surface area contributed by atoms with E-state index in [4.69, 9.17) is 0 Å². The minimum Gasteiger partial charge on any atom is -0.0654 e. The van der Waals surface area contributed by atoms with Gasteiger partial charge in [0.05, 0.1) is 0 Å². The normalized spacial score (nSPS) is 8.85. The molecule has 13 heavy (non-hydrogen) atoms. The van der Waals surface area contributed by atoms with Crippen LogP contribution in [0.2, 0.25) is 0 Å². The first kappa shape index (κ1) is 12.2. The molecule has 0 bridgehead atoms. The van der Waals surface area contributed by atoms with Gasteiger partial charge in [-0.15, -0.1) is 0 Å². The van der Waals surface area contributed by atoms with Crippen LogP contribution in [0.1, 0.15) is 45.6 Å². The molecule has 0 fully saturated rings. The SMILES string of the molecule is CCCCC.CCc1ccccc1. The van der Waals surface area contributed by atoms with E-state index in [1.165, 1.54) is 24.8 Å². The minimum absolute atomic E-state index is 1.14. The van der Waals surface area contributed by atoms with Crippen molar-refractivity contribution in [2.75, 3.05) is 0 Å². The molecule has 0 amide bonds. The summed E-state index contributed by atoms with van der Waals surface area (Å²) in [5.41, 5.74) is 1.41. The van der Waals surface area contributed by atoms with E-state index < -0.39 is 0 Å². The molecule has 0 nitrogen and oxygen atoms in total. The van der Waals surface area contributed by atoms with E-state index in [2.05, 4.69) is 45.0 Å². The average Bonchev–Trinajstić information content (AvgIpc) is 2.21. The fourth-order valence-electron chi connectivity index (χ4n) is 1.07.